The van der Waals surface area contributed by atoms with Crippen LogP contribution in [0, 0.1) is 5.92 Å². The number of carbonyl (C=O) groups is 1. The summed E-state index contributed by atoms with van der Waals surface area (Å²) in [6, 6.07) is 0.859. The number of nitrogens with one attached hydrogen (secondary N) is 1. The molecule has 0 aromatic heterocycles. The highest BCUT2D eigenvalue weighted by atomic mass is 16.4. The Morgan fingerprint density at radius 3 is 2.41 bits per heavy atom. The number of rotatable bonds is 5. The lowest BCUT2D eigenvalue weighted by atomic mass is 9.97. The molecule has 1 aliphatic carbocycles. The molecule has 0 amide bonds. The van der Waals surface area contributed by atoms with Crippen molar-refractivity contribution in [3.63, 3.8) is 0 Å². The van der Waals surface area contributed by atoms with Crippen molar-refractivity contribution in [2.75, 3.05) is 14.1 Å². The van der Waals surface area contributed by atoms with Crippen molar-refractivity contribution in [2.45, 2.75) is 57.7 Å². The Bertz CT molecular complexity index is 281. The minimum absolute atomic E-state index is 0.371. The Kier molecular flexibility index (Phi) is 4.55. The number of hydrogen-bond donors (Lipinski definition) is 2. The number of likely N-dealkylation sites (N-methyl/N-ethyl adjacent to an activating group) is 1. The van der Waals surface area contributed by atoms with Gasteiger partial charge in [-0.25, -0.2) is 0 Å². The summed E-state index contributed by atoms with van der Waals surface area (Å²) in [5.74, 6) is -0.123. The molecule has 4 nitrogen and oxygen atoms in total. The topological polar surface area (TPSA) is 52.6 Å². The van der Waals surface area contributed by atoms with Gasteiger partial charge in [0, 0.05) is 12.1 Å². The molecule has 2 N–H and O–H groups in total. The third-order valence-corrected chi connectivity index (χ3v) is 4.56. The average molecular weight is 242 g/mol. The SMILES string of the molecule is CNC1(C(=O)O)CCC(N(C)C(C)C(C)C)C1. The van der Waals surface area contributed by atoms with Crippen molar-refractivity contribution in [1.29, 1.82) is 0 Å². The molecule has 0 radical (unpaired) electrons. The first-order valence-electron chi connectivity index (χ1n) is 6.48. The fourth-order valence-electron chi connectivity index (χ4n) is 2.70. The fraction of sp³-hybridized carbons (Fsp3) is 0.923. The largest absolute Gasteiger partial charge is 0.480 e. The van der Waals surface area contributed by atoms with Crippen molar-refractivity contribution in [3.05, 3.63) is 0 Å². The van der Waals surface area contributed by atoms with Gasteiger partial charge in [0.05, 0.1) is 0 Å². The molecule has 0 spiro atoms. The average Bonchev–Trinajstić information content (AvgIpc) is 2.72. The Balaban J connectivity index is 2.69. The number of hydrogen-bond acceptors (Lipinski definition) is 3. The van der Waals surface area contributed by atoms with Crippen LogP contribution in [0.25, 0.3) is 0 Å². The molecule has 0 heterocycles. The van der Waals surface area contributed by atoms with Crippen molar-refractivity contribution >= 4 is 5.97 Å². The number of carboxylic acids is 1. The van der Waals surface area contributed by atoms with Crippen molar-refractivity contribution in [2.24, 2.45) is 5.92 Å². The number of carboxylic acid groups (broad SMARTS) is 1. The van der Waals surface area contributed by atoms with Gasteiger partial charge in [0.1, 0.15) is 5.54 Å². The molecule has 0 bridgehead atoms. The zero-order valence-corrected chi connectivity index (χ0v) is 11.7. The Labute approximate surface area is 104 Å². The predicted molar refractivity (Wildman–Crippen MR) is 69.1 cm³/mol. The summed E-state index contributed by atoms with van der Waals surface area (Å²) in [7, 11) is 3.87. The molecule has 4 heteroatoms. The second kappa shape index (κ2) is 5.36. The van der Waals surface area contributed by atoms with Crippen LogP contribution in [0.1, 0.15) is 40.0 Å². The van der Waals surface area contributed by atoms with Crippen LogP contribution < -0.4 is 5.32 Å². The molecule has 100 valence electrons. The van der Waals surface area contributed by atoms with E-state index in [9.17, 15) is 9.90 Å². The van der Waals surface area contributed by atoms with Crippen LogP contribution in [-0.2, 0) is 4.79 Å². The molecule has 3 atom stereocenters. The van der Waals surface area contributed by atoms with E-state index in [0.29, 0.717) is 24.4 Å². The summed E-state index contributed by atoms with van der Waals surface area (Å²) in [6.07, 6.45) is 2.38. The van der Waals surface area contributed by atoms with Gasteiger partial charge in [-0.2, -0.15) is 0 Å². The molecule has 1 saturated carbocycles. The van der Waals surface area contributed by atoms with E-state index in [1.165, 1.54) is 0 Å². The highest BCUT2D eigenvalue weighted by molar-refractivity contribution is 5.79. The first kappa shape index (κ1) is 14.5. The Morgan fingerprint density at radius 1 is 1.47 bits per heavy atom. The van der Waals surface area contributed by atoms with Gasteiger partial charge in [0.2, 0.25) is 0 Å². The Hall–Kier alpha value is -0.610. The normalized spacial score (nSPS) is 31.1. The minimum Gasteiger partial charge on any atom is -0.480 e. The molecule has 1 rings (SSSR count). The molecule has 1 fully saturated rings. The van der Waals surface area contributed by atoms with Gasteiger partial charge in [-0.05, 0) is 46.2 Å². The van der Waals surface area contributed by atoms with Crippen LogP contribution in [-0.4, -0.2) is 47.7 Å². The maximum absolute atomic E-state index is 11.3. The van der Waals surface area contributed by atoms with Crippen molar-refractivity contribution in [1.82, 2.24) is 10.2 Å². The van der Waals surface area contributed by atoms with E-state index in [1.54, 1.807) is 7.05 Å². The molecule has 3 unspecified atom stereocenters. The smallest absolute Gasteiger partial charge is 0.323 e. The summed E-state index contributed by atoms with van der Waals surface area (Å²) in [5.41, 5.74) is -0.713. The third-order valence-electron chi connectivity index (χ3n) is 4.56. The molecule has 0 aliphatic heterocycles. The summed E-state index contributed by atoms with van der Waals surface area (Å²) in [5, 5.41) is 12.3. The van der Waals surface area contributed by atoms with Gasteiger partial charge >= 0.3 is 5.97 Å². The van der Waals surface area contributed by atoms with Gasteiger partial charge in [-0.3, -0.25) is 4.79 Å². The summed E-state index contributed by atoms with van der Waals surface area (Å²) in [4.78, 5) is 13.7. The third kappa shape index (κ3) is 2.80. The zero-order chi connectivity index (χ0) is 13.2. The van der Waals surface area contributed by atoms with Crippen LogP contribution in [0.4, 0.5) is 0 Å². The van der Waals surface area contributed by atoms with Gasteiger partial charge < -0.3 is 15.3 Å². The monoisotopic (exact) mass is 242 g/mol. The molecular formula is C13H26N2O2. The molecule has 0 saturated heterocycles. The zero-order valence-electron chi connectivity index (χ0n) is 11.7. The molecular weight excluding hydrogens is 216 g/mol. The second-order valence-corrected chi connectivity index (χ2v) is 5.68. The van der Waals surface area contributed by atoms with Crippen molar-refractivity contribution < 1.29 is 9.90 Å². The van der Waals surface area contributed by atoms with E-state index < -0.39 is 11.5 Å². The maximum Gasteiger partial charge on any atom is 0.323 e. The van der Waals surface area contributed by atoms with Gasteiger partial charge in [-0.15, -0.1) is 0 Å². The van der Waals surface area contributed by atoms with E-state index >= 15 is 0 Å². The van der Waals surface area contributed by atoms with Gasteiger partial charge in [0.15, 0.2) is 0 Å². The summed E-state index contributed by atoms with van der Waals surface area (Å²) in [6.45, 7) is 6.63. The van der Waals surface area contributed by atoms with Crippen LogP contribution in [0.15, 0.2) is 0 Å². The molecule has 1 aliphatic rings. The quantitative estimate of drug-likeness (QED) is 0.768. The summed E-state index contributed by atoms with van der Waals surface area (Å²) < 4.78 is 0. The lowest BCUT2D eigenvalue weighted by molar-refractivity contribution is -0.144. The van der Waals surface area contributed by atoms with E-state index in [1.807, 2.05) is 0 Å². The van der Waals surface area contributed by atoms with Gasteiger partial charge in [-0.1, -0.05) is 13.8 Å². The van der Waals surface area contributed by atoms with E-state index in [2.05, 4.69) is 38.0 Å². The standard InChI is InChI=1S/C13H26N2O2/c1-9(2)10(3)15(5)11-6-7-13(8-11,14-4)12(16)17/h9-11,14H,6-8H2,1-5H3,(H,16,17). The minimum atomic E-state index is -0.715. The van der Waals surface area contributed by atoms with Crippen molar-refractivity contribution in [3.8, 4) is 0 Å². The Morgan fingerprint density at radius 2 is 2.06 bits per heavy atom. The highest BCUT2D eigenvalue weighted by Gasteiger charge is 2.46. The molecule has 0 aromatic carbocycles. The second-order valence-electron chi connectivity index (χ2n) is 5.68. The highest BCUT2D eigenvalue weighted by Crippen LogP contribution is 2.34. The lowest BCUT2D eigenvalue weighted by Gasteiger charge is -2.34. The van der Waals surface area contributed by atoms with Crippen LogP contribution in [0.5, 0.6) is 0 Å². The van der Waals surface area contributed by atoms with Crippen LogP contribution in [0.3, 0.4) is 0 Å². The van der Waals surface area contributed by atoms with E-state index in [4.69, 9.17) is 0 Å². The van der Waals surface area contributed by atoms with E-state index in [-0.39, 0.29) is 0 Å². The number of aliphatic carboxylic acids is 1. The molecule has 17 heavy (non-hydrogen) atoms. The molecule has 0 aromatic rings. The number of nitrogens with zero attached hydrogens (tertiary/aromatic N) is 1. The predicted octanol–water partition coefficient (Wildman–Crippen LogP) is 1.56. The van der Waals surface area contributed by atoms with Crippen LogP contribution >= 0.6 is 0 Å². The van der Waals surface area contributed by atoms with Gasteiger partial charge in [0.25, 0.3) is 0 Å². The first-order valence-corrected chi connectivity index (χ1v) is 6.48. The first-order chi connectivity index (χ1) is 7.84. The fourth-order valence-corrected chi connectivity index (χ4v) is 2.70. The lowest BCUT2D eigenvalue weighted by Crippen LogP contribution is -2.50. The summed E-state index contributed by atoms with van der Waals surface area (Å²) >= 11 is 0. The van der Waals surface area contributed by atoms with E-state index in [0.717, 1.165) is 12.8 Å². The maximum atomic E-state index is 11.3. The van der Waals surface area contributed by atoms with Crippen LogP contribution in [0.2, 0.25) is 0 Å².